The summed E-state index contributed by atoms with van der Waals surface area (Å²) in [6, 6.07) is 17.8. The highest BCUT2D eigenvalue weighted by molar-refractivity contribution is 5.82. The number of carbonyl (C=O) groups excluding carboxylic acids is 2. The van der Waals surface area contributed by atoms with E-state index >= 15 is 0 Å². The standard InChI is InChI=1S/C22H28N2O4/c1-3-10-19(24-22(27)28-15-17-11-6-4-7-12-17)20(25)21(26)23-16(2)18-13-8-5-9-14-18/h4-9,11-14,16,19-20,25H,3,10,15H2,1-2H3,(H,23,26)(H,24,27)/t16-,19-,20?/m0/s1. The van der Waals surface area contributed by atoms with Gasteiger partial charge in [0, 0.05) is 0 Å². The Morgan fingerprint density at radius 3 is 2.21 bits per heavy atom. The summed E-state index contributed by atoms with van der Waals surface area (Å²) in [5.74, 6) is -0.529. The lowest BCUT2D eigenvalue weighted by molar-refractivity contribution is -0.131. The van der Waals surface area contributed by atoms with E-state index < -0.39 is 24.1 Å². The Bertz CT molecular complexity index is 737. The largest absolute Gasteiger partial charge is 0.445 e. The summed E-state index contributed by atoms with van der Waals surface area (Å²) in [5, 5.41) is 15.9. The minimum Gasteiger partial charge on any atom is -0.445 e. The molecule has 0 aliphatic rings. The maximum absolute atomic E-state index is 12.5. The maximum Gasteiger partial charge on any atom is 0.407 e. The fourth-order valence-electron chi connectivity index (χ4n) is 2.84. The number of aliphatic hydroxyl groups excluding tert-OH is 1. The van der Waals surface area contributed by atoms with E-state index in [1.54, 1.807) is 0 Å². The van der Waals surface area contributed by atoms with Gasteiger partial charge >= 0.3 is 6.09 Å². The van der Waals surface area contributed by atoms with Gasteiger partial charge in [-0.2, -0.15) is 0 Å². The third-order valence-electron chi connectivity index (χ3n) is 4.42. The summed E-state index contributed by atoms with van der Waals surface area (Å²) in [7, 11) is 0. The molecule has 6 heteroatoms. The molecule has 0 radical (unpaired) electrons. The molecular weight excluding hydrogens is 356 g/mol. The van der Waals surface area contributed by atoms with Crippen LogP contribution in [0.5, 0.6) is 0 Å². The first-order valence-electron chi connectivity index (χ1n) is 9.51. The van der Waals surface area contributed by atoms with Crippen molar-refractivity contribution in [3.8, 4) is 0 Å². The smallest absolute Gasteiger partial charge is 0.407 e. The zero-order valence-electron chi connectivity index (χ0n) is 16.3. The molecule has 0 fully saturated rings. The molecule has 0 heterocycles. The van der Waals surface area contributed by atoms with Crippen molar-refractivity contribution in [1.82, 2.24) is 10.6 Å². The Morgan fingerprint density at radius 2 is 1.61 bits per heavy atom. The van der Waals surface area contributed by atoms with E-state index in [2.05, 4.69) is 10.6 Å². The molecule has 1 unspecified atom stereocenters. The fourth-order valence-corrected chi connectivity index (χ4v) is 2.84. The summed E-state index contributed by atoms with van der Waals surface area (Å²) in [4.78, 5) is 24.5. The van der Waals surface area contributed by atoms with Crippen molar-refractivity contribution in [3.63, 3.8) is 0 Å². The van der Waals surface area contributed by atoms with Gasteiger partial charge in [-0.05, 0) is 24.5 Å². The number of hydrogen-bond acceptors (Lipinski definition) is 4. The lowest BCUT2D eigenvalue weighted by atomic mass is 10.0. The molecule has 0 saturated heterocycles. The number of hydrogen-bond donors (Lipinski definition) is 3. The molecule has 3 atom stereocenters. The topological polar surface area (TPSA) is 87.7 Å². The molecule has 150 valence electrons. The molecule has 3 N–H and O–H groups in total. The van der Waals surface area contributed by atoms with Crippen molar-refractivity contribution >= 4 is 12.0 Å². The van der Waals surface area contributed by atoms with Gasteiger partial charge in [0.2, 0.25) is 0 Å². The minimum atomic E-state index is -1.37. The lowest BCUT2D eigenvalue weighted by Crippen LogP contribution is -2.51. The number of carbonyl (C=O) groups is 2. The highest BCUT2D eigenvalue weighted by atomic mass is 16.5. The zero-order valence-corrected chi connectivity index (χ0v) is 16.3. The third kappa shape index (κ3) is 6.70. The Labute approximate surface area is 165 Å². The van der Waals surface area contributed by atoms with Crippen LogP contribution >= 0.6 is 0 Å². The van der Waals surface area contributed by atoms with Gasteiger partial charge in [0.15, 0.2) is 6.10 Å². The van der Waals surface area contributed by atoms with Crippen LogP contribution in [0.2, 0.25) is 0 Å². The number of ether oxygens (including phenoxy) is 1. The number of amides is 2. The van der Waals surface area contributed by atoms with Crippen LogP contribution in [0.3, 0.4) is 0 Å². The molecule has 2 amide bonds. The summed E-state index contributed by atoms with van der Waals surface area (Å²) in [5.41, 5.74) is 1.80. The van der Waals surface area contributed by atoms with Gasteiger partial charge in [0.05, 0.1) is 12.1 Å². The summed E-state index contributed by atoms with van der Waals surface area (Å²) < 4.78 is 5.19. The summed E-state index contributed by atoms with van der Waals surface area (Å²) in [6.45, 7) is 3.89. The molecule has 0 saturated carbocycles. The van der Waals surface area contributed by atoms with Crippen molar-refractivity contribution in [1.29, 1.82) is 0 Å². The van der Waals surface area contributed by atoms with E-state index in [1.165, 1.54) is 0 Å². The second kappa shape index (κ2) is 11.1. The van der Waals surface area contributed by atoms with Crippen molar-refractivity contribution in [3.05, 3.63) is 71.8 Å². The number of nitrogens with one attached hydrogen (secondary N) is 2. The van der Waals surface area contributed by atoms with Crippen molar-refractivity contribution < 1.29 is 19.4 Å². The fraction of sp³-hybridized carbons (Fsp3) is 0.364. The molecule has 0 bridgehead atoms. The van der Waals surface area contributed by atoms with Crippen LogP contribution < -0.4 is 10.6 Å². The average molecular weight is 384 g/mol. The van der Waals surface area contributed by atoms with E-state index in [4.69, 9.17) is 4.74 Å². The Hall–Kier alpha value is -2.86. The number of benzene rings is 2. The quantitative estimate of drug-likeness (QED) is 0.619. The Morgan fingerprint density at radius 1 is 1.00 bits per heavy atom. The molecule has 2 aromatic carbocycles. The van der Waals surface area contributed by atoms with Crippen molar-refractivity contribution in [2.45, 2.75) is 51.5 Å². The van der Waals surface area contributed by atoms with Gasteiger partial charge in [-0.25, -0.2) is 4.79 Å². The monoisotopic (exact) mass is 384 g/mol. The van der Waals surface area contributed by atoms with E-state index in [-0.39, 0.29) is 12.6 Å². The zero-order chi connectivity index (χ0) is 20.4. The van der Waals surface area contributed by atoms with Crippen molar-refractivity contribution in [2.24, 2.45) is 0 Å². The van der Waals surface area contributed by atoms with Crippen LogP contribution in [0.25, 0.3) is 0 Å². The lowest BCUT2D eigenvalue weighted by Gasteiger charge is -2.24. The number of rotatable bonds is 9. The summed E-state index contributed by atoms with van der Waals surface area (Å²) >= 11 is 0. The molecule has 2 rings (SSSR count). The van der Waals surface area contributed by atoms with Gasteiger partial charge in [-0.15, -0.1) is 0 Å². The van der Waals surface area contributed by atoms with Crippen LogP contribution in [-0.4, -0.2) is 29.3 Å². The maximum atomic E-state index is 12.5. The Balaban J connectivity index is 1.89. The molecular formula is C22H28N2O4. The van der Waals surface area contributed by atoms with Crippen molar-refractivity contribution in [2.75, 3.05) is 0 Å². The normalized spacial score (nSPS) is 13.8. The SMILES string of the molecule is CCC[C@H](NC(=O)OCc1ccccc1)C(O)C(=O)N[C@@H](C)c1ccccc1. The molecule has 28 heavy (non-hydrogen) atoms. The van der Waals surface area contributed by atoms with Crippen LogP contribution in [-0.2, 0) is 16.1 Å². The number of alkyl carbamates (subject to hydrolysis) is 1. The van der Waals surface area contributed by atoms with E-state index in [9.17, 15) is 14.7 Å². The van der Waals surface area contributed by atoms with Crippen LogP contribution in [0.4, 0.5) is 4.79 Å². The first-order chi connectivity index (χ1) is 13.5. The van der Waals surface area contributed by atoms with Crippen LogP contribution in [0.15, 0.2) is 60.7 Å². The molecule has 0 aromatic heterocycles. The highest BCUT2D eigenvalue weighted by Gasteiger charge is 2.28. The average Bonchev–Trinajstić information content (AvgIpc) is 2.72. The highest BCUT2D eigenvalue weighted by Crippen LogP contribution is 2.12. The third-order valence-corrected chi connectivity index (χ3v) is 4.42. The van der Waals surface area contributed by atoms with Gasteiger partial charge in [0.25, 0.3) is 5.91 Å². The molecule has 0 aliphatic heterocycles. The molecule has 2 aromatic rings. The van der Waals surface area contributed by atoms with E-state index in [1.807, 2.05) is 74.5 Å². The molecule has 0 spiro atoms. The molecule has 6 nitrogen and oxygen atoms in total. The Kier molecular flexibility index (Phi) is 8.49. The first kappa shape index (κ1) is 21.4. The second-order valence-corrected chi connectivity index (χ2v) is 6.69. The van der Waals surface area contributed by atoms with Crippen LogP contribution in [0.1, 0.15) is 43.9 Å². The first-order valence-corrected chi connectivity index (χ1v) is 9.51. The molecule has 0 aliphatic carbocycles. The predicted octanol–water partition coefficient (Wildman–Crippen LogP) is 3.32. The van der Waals surface area contributed by atoms with Crippen LogP contribution in [0, 0.1) is 0 Å². The van der Waals surface area contributed by atoms with Gasteiger partial charge in [-0.3, -0.25) is 4.79 Å². The van der Waals surface area contributed by atoms with Gasteiger partial charge in [-0.1, -0.05) is 74.0 Å². The van der Waals surface area contributed by atoms with Gasteiger partial charge < -0.3 is 20.5 Å². The predicted molar refractivity (Wildman–Crippen MR) is 107 cm³/mol. The van der Waals surface area contributed by atoms with E-state index in [0.29, 0.717) is 12.8 Å². The summed E-state index contributed by atoms with van der Waals surface area (Å²) in [6.07, 6.45) is -0.877. The van der Waals surface area contributed by atoms with Gasteiger partial charge in [0.1, 0.15) is 6.61 Å². The van der Waals surface area contributed by atoms with E-state index in [0.717, 1.165) is 11.1 Å². The number of aliphatic hydroxyl groups is 1. The minimum absolute atomic E-state index is 0.124. The second-order valence-electron chi connectivity index (χ2n) is 6.69.